The maximum Gasteiger partial charge on any atom is 0.303 e. The summed E-state index contributed by atoms with van der Waals surface area (Å²) < 4.78 is 5.61. The molecule has 5 nitrogen and oxygen atoms in total. The summed E-state index contributed by atoms with van der Waals surface area (Å²) in [6.07, 6.45) is 5.61. The molecular weight excluding hydrogens is 420 g/mol. The van der Waals surface area contributed by atoms with Crippen LogP contribution in [0.1, 0.15) is 49.3 Å². The highest BCUT2D eigenvalue weighted by Crippen LogP contribution is 2.42. The Hall–Kier alpha value is -2.44. The fourth-order valence-corrected chi connectivity index (χ4v) is 5.21. The molecule has 2 heterocycles. The zero-order valence-corrected chi connectivity index (χ0v) is 18.7. The number of carboxylic acid groups (broad SMARTS) is 1. The van der Waals surface area contributed by atoms with Crippen LogP contribution in [0.25, 0.3) is 21.0 Å². The third-order valence-electron chi connectivity index (χ3n) is 5.41. The number of carbonyl (C=O) groups is 1. The van der Waals surface area contributed by atoms with Crippen molar-refractivity contribution in [1.82, 2.24) is 9.97 Å². The largest absolute Gasteiger partial charge is 0.481 e. The predicted octanol–water partition coefficient (Wildman–Crippen LogP) is 6.13. The van der Waals surface area contributed by atoms with E-state index in [9.17, 15) is 4.79 Å². The Morgan fingerprint density at radius 2 is 2.13 bits per heavy atom. The second kappa shape index (κ2) is 8.36. The molecule has 0 saturated carbocycles. The molecule has 0 saturated heterocycles. The monoisotopic (exact) mass is 442 g/mol. The number of fused-ring (bicyclic) bond motifs is 1. The first kappa shape index (κ1) is 20.8. The van der Waals surface area contributed by atoms with Crippen LogP contribution >= 0.6 is 22.9 Å². The molecule has 1 aromatic carbocycles. The first-order valence-corrected chi connectivity index (χ1v) is 11.2. The van der Waals surface area contributed by atoms with Gasteiger partial charge < -0.3 is 9.84 Å². The number of aliphatic carboxylic acids is 1. The van der Waals surface area contributed by atoms with E-state index in [1.54, 1.807) is 17.5 Å². The van der Waals surface area contributed by atoms with E-state index in [0.29, 0.717) is 10.9 Å². The molecule has 30 heavy (non-hydrogen) atoms. The van der Waals surface area contributed by atoms with E-state index in [0.717, 1.165) is 33.9 Å². The molecule has 1 aliphatic carbocycles. The summed E-state index contributed by atoms with van der Waals surface area (Å²) in [4.78, 5) is 21.1. The number of hydrogen-bond donors (Lipinski definition) is 1. The number of benzene rings is 1. The molecule has 0 spiro atoms. The number of thiazole rings is 1. The van der Waals surface area contributed by atoms with E-state index in [2.05, 4.69) is 29.0 Å². The van der Waals surface area contributed by atoms with Crippen LogP contribution in [0.4, 0.5) is 0 Å². The number of rotatable bonds is 6. The summed E-state index contributed by atoms with van der Waals surface area (Å²) in [6.45, 7) is 5.98. The molecule has 4 rings (SSSR count). The normalized spacial score (nSPS) is 15.4. The van der Waals surface area contributed by atoms with Crippen molar-refractivity contribution in [2.24, 2.45) is 0 Å². The van der Waals surface area contributed by atoms with Crippen LogP contribution in [0.15, 0.2) is 30.6 Å². The first-order chi connectivity index (χ1) is 14.3. The lowest BCUT2D eigenvalue weighted by molar-refractivity contribution is -0.137. The first-order valence-electron chi connectivity index (χ1n) is 9.96. The third-order valence-corrected chi connectivity index (χ3v) is 6.76. The average Bonchev–Trinajstić information content (AvgIpc) is 3.31. The van der Waals surface area contributed by atoms with Crippen molar-refractivity contribution in [2.45, 2.75) is 52.1 Å². The standard InChI is InChI=1S/C23H23ClN2O3S/c1-12(2)29-22-19(24)8-15(10-25-22)20-11-26-23(30-20)17-6-7-18-14(9-21(27)28)4-5-16(18)13(17)3/h6-8,10-12,14H,4-5,9H2,1-3H3,(H,27,28). The number of nitrogens with zero attached hydrogens (tertiary/aromatic N) is 2. The van der Waals surface area contributed by atoms with Crippen LogP contribution in [-0.4, -0.2) is 27.1 Å². The SMILES string of the molecule is Cc1c(-c2ncc(-c3cnc(OC(C)C)c(Cl)c3)s2)ccc2c1CCC2CC(=O)O. The van der Waals surface area contributed by atoms with Gasteiger partial charge in [0.2, 0.25) is 5.88 Å². The van der Waals surface area contributed by atoms with E-state index in [1.807, 2.05) is 26.1 Å². The lowest BCUT2D eigenvalue weighted by Gasteiger charge is -2.12. The number of carboxylic acids is 1. The van der Waals surface area contributed by atoms with Gasteiger partial charge in [-0.15, -0.1) is 11.3 Å². The van der Waals surface area contributed by atoms with Gasteiger partial charge in [-0.25, -0.2) is 9.97 Å². The molecule has 1 aliphatic rings. The van der Waals surface area contributed by atoms with E-state index in [-0.39, 0.29) is 18.4 Å². The molecule has 0 aliphatic heterocycles. The van der Waals surface area contributed by atoms with Crippen molar-refractivity contribution in [1.29, 1.82) is 0 Å². The summed E-state index contributed by atoms with van der Waals surface area (Å²) in [7, 11) is 0. The van der Waals surface area contributed by atoms with Gasteiger partial charge in [0.1, 0.15) is 10.0 Å². The van der Waals surface area contributed by atoms with Crippen molar-refractivity contribution in [3.63, 3.8) is 0 Å². The summed E-state index contributed by atoms with van der Waals surface area (Å²) in [6, 6.07) is 6.01. The van der Waals surface area contributed by atoms with Crippen molar-refractivity contribution in [3.05, 3.63) is 52.3 Å². The zero-order valence-electron chi connectivity index (χ0n) is 17.1. The highest BCUT2D eigenvalue weighted by atomic mass is 35.5. The summed E-state index contributed by atoms with van der Waals surface area (Å²) >= 11 is 7.93. The maximum absolute atomic E-state index is 11.1. The minimum Gasteiger partial charge on any atom is -0.481 e. The van der Waals surface area contributed by atoms with E-state index in [4.69, 9.17) is 21.4 Å². The summed E-state index contributed by atoms with van der Waals surface area (Å²) in [5, 5.41) is 10.6. The Balaban J connectivity index is 1.62. The molecule has 1 atom stereocenters. The zero-order chi connectivity index (χ0) is 21.4. The van der Waals surface area contributed by atoms with E-state index >= 15 is 0 Å². The molecule has 0 bridgehead atoms. The van der Waals surface area contributed by atoms with Gasteiger partial charge in [-0.3, -0.25) is 4.79 Å². The molecule has 1 N–H and O–H groups in total. The van der Waals surface area contributed by atoms with Gasteiger partial charge >= 0.3 is 5.97 Å². The van der Waals surface area contributed by atoms with Crippen molar-refractivity contribution in [3.8, 4) is 26.9 Å². The Morgan fingerprint density at radius 3 is 2.83 bits per heavy atom. The molecule has 3 aromatic rings. The van der Waals surface area contributed by atoms with Crippen LogP contribution in [0.2, 0.25) is 5.02 Å². The number of aromatic nitrogens is 2. The van der Waals surface area contributed by atoms with Gasteiger partial charge in [0.05, 0.1) is 17.4 Å². The molecule has 0 fully saturated rings. The number of pyridine rings is 1. The maximum atomic E-state index is 11.1. The van der Waals surface area contributed by atoms with Crippen LogP contribution in [0, 0.1) is 6.92 Å². The number of ether oxygens (including phenoxy) is 1. The van der Waals surface area contributed by atoms with Gasteiger partial charge in [0.25, 0.3) is 0 Å². The topological polar surface area (TPSA) is 72.3 Å². The molecule has 7 heteroatoms. The lowest BCUT2D eigenvalue weighted by Crippen LogP contribution is -2.07. The smallest absolute Gasteiger partial charge is 0.303 e. The Kier molecular flexibility index (Phi) is 5.80. The van der Waals surface area contributed by atoms with Crippen LogP contribution in [-0.2, 0) is 11.2 Å². The van der Waals surface area contributed by atoms with Gasteiger partial charge in [-0.1, -0.05) is 23.7 Å². The van der Waals surface area contributed by atoms with Gasteiger partial charge in [0.15, 0.2) is 0 Å². The number of hydrogen-bond acceptors (Lipinski definition) is 5. The Morgan fingerprint density at radius 1 is 1.33 bits per heavy atom. The molecule has 0 radical (unpaired) electrons. The highest BCUT2D eigenvalue weighted by Gasteiger charge is 2.27. The minimum atomic E-state index is -0.740. The molecule has 1 unspecified atom stereocenters. The Labute approximate surface area is 184 Å². The summed E-state index contributed by atoms with van der Waals surface area (Å²) in [5.41, 5.74) is 5.64. The van der Waals surface area contributed by atoms with Gasteiger partial charge in [0, 0.05) is 23.5 Å². The van der Waals surface area contributed by atoms with Gasteiger partial charge in [-0.05, 0) is 62.3 Å². The van der Waals surface area contributed by atoms with Crippen LogP contribution in [0.3, 0.4) is 0 Å². The molecule has 156 valence electrons. The van der Waals surface area contributed by atoms with E-state index in [1.165, 1.54) is 16.7 Å². The van der Waals surface area contributed by atoms with Gasteiger partial charge in [-0.2, -0.15) is 0 Å². The van der Waals surface area contributed by atoms with E-state index < -0.39 is 5.97 Å². The second-order valence-corrected chi connectivity index (χ2v) is 9.28. The highest BCUT2D eigenvalue weighted by molar-refractivity contribution is 7.18. The average molecular weight is 443 g/mol. The Bertz CT molecular complexity index is 1110. The van der Waals surface area contributed by atoms with Crippen molar-refractivity contribution in [2.75, 3.05) is 0 Å². The predicted molar refractivity (Wildman–Crippen MR) is 120 cm³/mol. The number of halogens is 1. The van der Waals surface area contributed by atoms with Crippen LogP contribution in [0.5, 0.6) is 5.88 Å². The minimum absolute atomic E-state index is 0.00809. The third kappa shape index (κ3) is 4.07. The van der Waals surface area contributed by atoms with Crippen LogP contribution < -0.4 is 4.74 Å². The quantitative estimate of drug-likeness (QED) is 0.497. The van der Waals surface area contributed by atoms with Crippen molar-refractivity contribution >= 4 is 28.9 Å². The molecular formula is C23H23ClN2O3S. The molecule has 0 amide bonds. The second-order valence-electron chi connectivity index (χ2n) is 7.85. The van der Waals surface area contributed by atoms with Crippen molar-refractivity contribution < 1.29 is 14.6 Å². The fourth-order valence-electron chi connectivity index (χ4n) is 4.02. The summed E-state index contributed by atoms with van der Waals surface area (Å²) in [5.74, 6) is -0.196. The lowest BCUT2D eigenvalue weighted by atomic mass is 9.94. The molecule has 2 aromatic heterocycles. The fraction of sp³-hybridized carbons (Fsp3) is 0.348.